The van der Waals surface area contributed by atoms with Gasteiger partial charge in [-0.25, -0.2) is 0 Å². The molecule has 0 radical (unpaired) electrons. The molecule has 0 atom stereocenters. The van der Waals surface area contributed by atoms with Crippen LogP contribution in [0.1, 0.15) is 10.4 Å². The Morgan fingerprint density at radius 3 is 2.47 bits per heavy atom. The number of nitrogens with zero attached hydrogens (tertiary/aromatic N) is 3. The van der Waals surface area contributed by atoms with E-state index < -0.39 is 10.8 Å². The van der Waals surface area contributed by atoms with E-state index in [0.29, 0.717) is 22.0 Å². The molecule has 3 aromatic carbocycles. The van der Waals surface area contributed by atoms with Gasteiger partial charge in [0.25, 0.3) is 17.5 Å². The van der Waals surface area contributed by atoms with Crippen molar-refractivity contribution < 1.29 is 14.2 Å². The molecule has 1 N–H and O–H groups in total. The summed E-state index contributed by atoms with van der Waals surface area (Å²) >= 11 is 5.90. The highest BCUT2D eigenvalue weighted by Gasteiger charge is 2.21. The summed E-state index contributed by atoms with van der Waals surface area (Å²) in [6.45, 7) is 0. The van der Waals surface area contributed by atoms with Gasteiger partial charge in [0.2, 0.25) is 5.82 Å². The highest BCUT2D eigenvalue weighted by atomic mass is 35.5. The molecule has 8 nitrogen and oxygen atoms in total. The van der Waals surface area contributed by atoms with Crippen molar-refractivity contribution >= 4 is 28.9 Å². The second kappa shape index (κ2) is 8.14. The standard InChI is InChI=1S/C21H13ClN4O4/c22-14-11-9-13(10-12-14)19-24-21(30-25-19)16-6-2-1-5-15(16)20(27)23-17-7-3-4-8-18(17)26(28)29/h1-12H,(H,23,27). The molecule has 0 unspecified atom stereocenters. The van der Waals surface area contributed by atoms with E-state index in [1.807, 2.05) is 0 Å². The van der Waals surface area contributed by atoms with Crippen LogP contribution in [0.2, 0.25) is 5.02 Å². The van der Waals surface area contributed by atoms with E-state index >= 15 is 0 Å². The summed E-state index contributed by atoms with van der Waals surface area (Å²) in [5.41, 5.74) is 1.24. The number of aromatic nitrogens is 2. The highest BCUT2D eigenvalue weighted by molar-refractivity contribution is 6.30. The molecule has 9 heteroatoms. The molecular weight excluding hydrogens is 408 g/mol. The number of para-hydroxylation sites is 2. The topological polar surface area (TPSA) is 111 Å². The smallest absolute Gasteiger partial charge is 0.292 e. The minimum Gasteiger partial charge on any atom is -0.334 e. The van der Waals surface area contributed by atoms with Crippen molar-refractivity contribution in [3.8, 4) is 22.8 Å². The number of carbonyl (C=O) groups is 1. The van der Waals surface area contributed by atoms with Crippen molar-refractivity contribution in [1.82, 2.24) is 10.1 Å². The van der Waals surface area contributed by atoms with E-state index in [9.17, 15) is 14.9 Å². The molecule has 1 amide bonds. The molecule has 1 heterocycles. The zero-order valence-electron chi connectivity index (χ0n) is 15.3. The van der Waals surface area contributed by atoms with Crippen LogP contribution in [0.3, 0.4) is 0 Å². The van der Waals surface area contributed by atoms with Crippen molar-refractivity contribution in [2.75, 3.05) is 5.32 Å². The van der Waals surface area contributed by atoms with Gasteiger partial charge in [0.15, 0.2) is 0 Å². The van der Waals surface area contributed by atoms with Gasteiger partial charge in [0, 0.05) is 16.7 Å². The molecule has 0 fully saturated rings. The van der Waals surface area contributed by atoms with E-state index in [-0.39, 0.29) is 22.8 Å². The quantitative estimate of drug-likeness (QED) is 0.350. The molecule has 1 aromatic heterocycles. The number of hydrogen-bond acceptors (Lipinski definition) is 6. The maximum absolute atomic E-state index is 12.9. The van der Waals surface area contributed by atoms with E-state index in [1.54, 1.807) is 54.6 Å². The number of rotatable bonds is 5. The number of benzene rings is 3. The number of nitro groups is 1. The maximum Gasteiger partial charge on any atom is 0.292 e. The Balaban J connectivity index is 1.66. The van der Waals surface area contributed by atoms with Crippen LogP contribution in [-0.2, 0) is 0 Å². The molecule has 0 saturated carbocycles. The fourth-order valence-electron chi connectivity index (χ4n) is 2.84. The van der Waals surface area contributed by atoms with Crippen LogP contribution in [0, 0.1) is 10.1 Å². The van der Waals surface area contributed by atoms with E-state index in [1.165, 1.54) is 18.2 Å². The average Bonchev–Trinajstić information content (AvgIpc) is 3.24. The van der Waals surface area contributed by atoms with Crippen LogP contribution in [0.4, 0.5) is 11.4 Å². The molecule has 0 spiro atoms. The van der Waals surface area contributed by atoms with E-state index in [0.717, 1.165) is 0 Å². The largest absolute Gasteiger partial charge is 0.334 e. The van der Waals surface area contributed by atoms with Gasteiger partial charge in [-0.15, -0.1) is 0 Å². The first kappa shape index (κ1) is 19.3. The lowest BCUT2D eigenvalue weighted by molar-refractivity contribution is -0.383. The van der Waals surface area contributed by atoms with Crippen LogP contribution in [0.5, 0.6) is 0 Å². The number of nitro benzene ring substituents is 1. The van der Waals surface area contributed by atoms with E-state index in [4.69, 9.17) is 16.1 Å². The van der Waals surface area contributed by atoms with Gasteiger partial charge in [-0.1, -0.05) is 41.0 Å². The van der Waals surface area contributed by atoms with Gasteiger partial charge < -0.3 is 9.84 Å². The zero-order chi connectivity index (χ0) is 21.1. The number of carbonyl (C=O) groups excluding carboxylic acids is 1. The van der Waals surface area contributed by atoms with Crippen molar-refractivity contribution in [2.45, 2.75) is 0 Å². The summed E-state index contributed by atoms with van der Waals surface area (Å²) in [6.07, 6.45) is 0. The van der Waals surface area contributed by atoms with Crippen LogP contribution in [-0.4, -0.2) is 21.0 Å². The molecule has 0 aliphatic heterocycles. The third-order valence-corrected chi connectivity index (χ3v) is 4.53. The monoisotopic (exact) mass is 420 g/mol. The highest BCUT2D eigenvalue weighted by Crippen LogP contribution is 2.28. The molecule has 0 aliphatic carbocycles. The number of nitrogens with one attached hydrogen (secondary N) is 1. The predicted molar refractivity (Wildman–Crippen MR) is 111 cm³/mol. The normalized spacial score (nSPS) is 10.6. The molecule has 148 valence electrons. The molecule has 30 heavy (non-hydrogen) atoms. The fourth-order valence-corrected chi connectivity index (χ4v) is 2.97. The third-order valence-electron chi connectivity index (χ3n) is 4.28. The Hall–Kier alpha value is -4.04. The second-order valence-corrected chi connectivity index (χ2v) is 6.64. The molecule has 0 aliphatic rings. The Morgan fingerprint density at radius 2 is 1.70 bits per heavy atom. The minimum absolute atomic E-state index is 0.0923. The molecule has 0 bridgehead atoms. The average molecular weight is 421 g/mol. The molecule has 0 saturated heterocycles. The van der Waals surface area contributed by atoms with Crippen molar-refractivity contribution in [2.24, 2.45) is 0 Å². The molecule has 4 rings (SSSR count). The van der Waals surface area contributed by atoms with Crippen molar-refractivity contribution in [3.63, 3.8) is 0 Å². The first-order chi connectivity index (χ1) is 14.5. The first-order valence-electron chi connectivity index (χ1n) is 8.77. The first-order valence-corrected chi connectivity index (χ1v) is 9.14. The summed E-state index contributed by atoms with van der Waals surface area (Å²) < 4.78 is 5.36. The van der Waals surface area contributed by atoms with Crippen LogP contribution in [0.15, 0.2) is 77.3 Å². The van der Waals surface area contributed by atoms with Gasteiger partial charge in [0.1, 0.15) is 5.69 Å². The van der Waals surface area contributed by atoms with Crippen LogP contribution >= 0.6 is 11.6 Å². The van der Waals surface area contributed by atoms with Crippen molar-refractivity contribution in [3.05, 3.63) is 93.5 Å². The number of amides is 1. The SMILES string of the molecule is O=C(Nc1ccccc1[N+](=O)[O-])c1ccccc1-c1nc(-c2ccc(Cl)cc2)no1. The van der Waals surface area contributed by atoms with Crippen molar-refractivity contribution in [1.29, 1.82) is 0 Å². The Labute approximate surface area is 175 Å². The summed E-state index contributed by atoms with van der Waals surface area (Å²) in [5.74, 6) is -0.0463. The Bertz CT molecular complexity index is 1240. The third kappa shape index (κ3) is 3.89. The van der Waals surface area contributed by atoms with Gasteiger partial charge in [-0.3, -0.25) is 14.9 Å². The summed E-state index contributed by atoms with van der Waals surface area (Å²) in [6, 6.07) is 19.5. The summed E-state index contributed by atoms with van der Waals surface area (Å²) in [5, 5.41) is 18.3. The molecular formula is C21H13ClN4O4. The lowest BCUT2D eigenvalue weighted by Crippen LogP contribution is -2.14. The Kier molecular flexibility index (Phi) is 5.23. The number of anilines is 1. The lowest BCUT2D eigenvalue weighted by Gasteiger charge is -2.08. The summed E-state index contributed by atoms with van der Waals surface area (Å²) in [4.78, 5) is 27.9. The number of halogens is 1. The lowest BCUT2D eigenvalue weighted by atomic mass is 10.1. The zero-order valence-corrected chi connectivity index (χ0v) is 16.0. The summed E-state index contributed by atoms with van der Waals surface area (Å²) in [7, 11) is 0. The van der Waals surface area contributed by atoms with E-state index in [2.05, 4.69) is 15.5 Å². The van der Waals surface area contributed by atoms with Crippen LogP contribution < -0.4 is 5.32 Å². The number of hydrogen-bond donors (Lipinski definition) is 1. The van der Waals surface area contributed by atoms with Gasteiger partial charge >= 0.3 is 0 Å². The fraction of sp³-hybridized carbons (Fsp3) is 0. The minimum atomic E-state index is -0.558. The van der Waals surface area contributed by atoms with Gasteiger partial charge in [-0.05, 0) is 42.5 Å². The van der Waals surface area contributed by atoms with Gasteiger partial charge in [0.05, 0.1) is 16.1 Å². The predicted octanol–water partition coefficient (Wildman–Crippen LogP) is 5.22. The van der Waals surface area contributed by atoms with Gasteiger partial charge in [-0.2, -0.15) is 4.98 Å². The Morgan fingerprint density at radius 1 is 1.00 bits per heavy atom. The van der Waals surface area contributed by atoms with Crippen LogP contribution in [0.25, 0.3) is 22.8 Å². The maximum atomic E-state index is 12.9. The second-order valence-electron chi connectivity index (χ2n) is 6.20. The molecule has 4 aromatic rings.